The molecule has 3 rings (SSSR count). The number of hydrogen-bond donors (Lipinski definition) is 2. The van der Waals surface area contributed by atoms with Crippen LogP contribution in [0.4, 0.5) is 4.39 Å². The van der Waals surface area contributed by atoms with E-state index in [2.05, 4.69) is 6.58 Å². The van der Waals surface area contributed by atoms with Crippen molar-refractivity contribution in [3.05, 3.63) is 100 Å². The van der Waals surface area contributed by atoms with Crippen LogP contribution in [0.25, 0.3) is 0 Å². The highest BCUT2D eigenvalue weighted by molar-refractivity contribution is 7.14. The molecule has 0 radical (unpaired) electrons. The standard InChI is InChI=1S/C29H30FN3O5S/c1-4-14-33(17-25(34)37-18-19-8-6-5-7-9-19)28(36)29(2,3)16-21-11-13-24(39-21)27(35)38-20-10-12-22(26(31)32)23(30)15-20/h4-13,15H,1,14,16-18H2,2-3H3,(H3,31,32). The first-order valence-electron chi connectivity index (χ1n) is 12.0. The number of ether oxygens (including phenoxy) is 2. The number of nitrogens with zero attached hydrogens (tertiary/aromatic N) is 1. The molecule has 1 aromatic heterocycles. The number of carbonyl (C=O) groups is 3. The van der Waals surface area contributed by atoms with Gasteiger partial charge in [-0.25, -0.2) is 9.18 Å². The molecule has 0 aliphatic heterocycles. The summed E-state index contributed by atoms with van der Waals surface area (Å²) in [5, 5.41) is 7.34. The van der Waals surface area contributed by atoms with Crippen LogP contribution in [0.15, 0.2) is 73.3 Å². The molecular formula is C29H30FN3O5S. The van der Waals surface area contributed by atoms with Gasteiger partial charge in [-0.15, -0.1) is 17.9 Å². The van der Waals surface area contributed by atoms with Crippen LogP contribution >= 0.6 is 11.3 Å². The number of rotatable bonds is 12. The van der Waals surface area contributed by atoms with Crippen LogP contribution in [0.3, 0.4) is 0 Å². The van der Waals surface area contributed by atoms with Gasteiger partial charge in [0.2, 0.25) is 5.91 Å². The third-order valence-electron chi connectivity index (χ3n) is 5.70. The van der Waals surface area contributed by atoms with Crippen molar-refractivity contribution in [1.29, 1.82) is 5.41 Å². The molecule has 0 aliphatic rings. The lowest BCUT2D eigenvalue weighted by atomic mass is 9.87. The van der Waals surface area contributed by atoms with Crippen molar-refractivity contribution >= 4 is 35.0 Å². The Morgan fingerprint density at radius 2 is 1.85 bits per heavy atom. The molecule has 2 aromatic carbocycles. The van der Waals surface area contributed by atoms with Gasteiger partial charge >= 0.3 is 11.9 Å². The number of amides is 1. The Kier molecular flexibility index (Phi) is 9.73. The number of carbonyl (C=O) groups excluding carboxylic acids is 3. The molecule has 0 aliphatic carbocycles. The number of benzene rings is 2. The fourth-order valence-corrected chi connectivity index (χ4v) is 4.88. The van der Waals surface area contributed by atoms with E-state index in [4.69, 9.17) is 20.6 Å². The number of amidine groups is 1. The Morgan fingerprint density at radius 3 is 2.49 bits per heavy atom. The number of halogens is 1. The normalized spacial score (nSPS) is 10.9. The van der Waals surface area contributed by atoms with Crippen LogP contribution in [0.2, 0.25) is 0 Å². The van der Waals surface area contributed by atoms with Crippen molar-refractivity contribution in [3.63, 3.8) is 0 Å². The van der Waals surface area contributed by atoms with E-state index in [1.54, 1.807) is 32.1 Å². The Morgan fingerprint density at radius 1 is 1.13 bits per heavy atom. The van der Waals surface area contributed by atoms with Crippen LogP contribution < -0.4 is 10.5 Å². The molecule has 0 spiro atoms. The predicted octanol–water partition coefficient (Wildman–Crippen LogP) is 4.72. The molecule has 1 heterocycles. The van der Waals surface area contributed by atoms with Crippen molar-refractivity contribution in [3.8, 4) is 5.75 Å². The second-order valence-electron chi connectivity index (χ2n) is 9.39. The first-order valence-corrected chi connectivity index (χ1v) is 12.9. The molecule has 1 amide bonds. The van der Waals surface area contributed by atoms with Crippen molar-refractivity contribution in [2.75, 3.05) is 13.1 Å². The lowest BCUT2D eigenvalue weighted by Gasteiger charge is -2.30. The molecule has 0 bridgehead atoms. The second-order valence-corrected chi connectivity index (χ2v) is 10.6. The summed E-state index contributed by atoms with van der Waals surface area (Å²) in [7, 11) is 0. The molecule has 0 unspecified atom stereocenters. The Hall–Kier alpha value is -4.31. The summed E-state index contributed by atoms with van der Waals surface area (Å²) in [5.74, 6) is -2.70. The highest BCUT2D eigenvalue weighted by Crippen LogP contribution is 2.30. The summed E-state index contributed by atoms with van der Waals surface area (Å²) in [6, 6.07) is 16.2. The lowest BCUT2D eigenvalue weighted by molar-refractivity contribution is -0.152. The van der Waals surface area contributed by atoms with Gasteiger partial charge in [0.1, 0.15) is 35.4 Å². The lowest BCUT2D eigenvalue weighted by Crippen LogP contribution is -2.44. The maximum absolute atomic E-state index is 14.1. The first kappa shape index (κ1) is 29.2. The minimum absolute atomic E-state index is 0.0211. The topological polar surface area (TPSA) is 123 Å². The molecule has 10 heteroatoms. The molecule has 0 atom stereocenters. The van der Waals surface area contributed by atoms with E-state index < -0.39 is 29.0 Å². The summed E-state index contributed by atoms with van der Waals surface area (Å²) in [5.41, 5.74) is 5.16. The summed E-state index contributed by atoms with van der Waals surface area (Å²) in [4.78, 5) is 40.9. The van der Waals surface area contributed by atoms with Gasteiger partial charge in [0.05, 0.1) is 5.56 Å². The van der Waals surface area contributed by atoms with E-state index in [1.165, 1.54) is 17.0 Å². The largest absolute Gasteiger partial charge is 0.459 e. The average molecular weight is 552 g/mol. The minimum atomic E-state index is -0.902. The van der Waals surface area contributed by atoms with Gasteiger partial charge in [-0.1, -0.05) is 50.3 Å². The summed E-state index contributed by atoms with van der Waals surface area (Å²) in [6.07, 6.45) is 1.85. The van der Waals surface area contributed by atoms with E-state index in [1.807, 2.05) is 30.3 Å². The number of esters is 2. The van der Waals surface area contributed by atoms with Crippen molar-refractivity contribution in [1.82, 2.24) is 4.90 Å². The van der Waals surface area contributed by atoms with E-state index in [9.17, 15) is 18.8 Å². The zero-order valence-electron chi connectivity index (χ0n) is 21.7. The van der Waals surface area contributed by atoms with E-state index in [0.717, 1.165) is 27.8 Å². The van der Waals surface area contributed by atoms with Gasteiger partial charge in [0, 0.05) is 22.9 Å². The third kappa shape index (κ3) is 8.08. The third-order valence-corrected chi connectivity index (χ3v) is 6.76. The van der Waals surface area contributed by atoms with Crippen molar-refractivity contribution in [2.24, 2.45) is 11.1 Å². The maximum Gasteiger partial charge on any atom is 0.353 e. The van der Waals surface area contributed by atoms with E-state index in [0.29, 0.717) is 6.42 Å². The van der Waals surface area contributed by atoms with E-state index >= 15 is 0 Å². The van der Waals surface area contributed by atoms with Gasteiger partial charge in [0.15, 0.2) is 0 Å². The van der Waals surface area contributed by atoms with Crippen LogP contribution in [-0.2, 0) is 27.4 Å². The Labute approximate surface area is 230 Å². The quantitative estimate of drug-likeness (QED) is 0.110. The highest BCUT2D eigenvalue weighted by Gasteiger charge is 2.33. The molecule has 0 fully saturated rings. The Balaban J connectivity index is 1.62. The monoisotopic (exact) mass is 551 g/mol. The molecule has 8 nitrogen and oxygen atoms in total. The summed E-state index contributed by atoms with van der Waals surface area (Å²) >= 11 is 1.16. The second kappa shape index (κ2) is 13.0. The molecule has 3 N–H and O–H groups in total. The van der Waals surface area contributed by atoms with E-state index in [-0.39, 0.29) is 41.8 Å². The molecule has 0 saturated heterocycles. The zero-order chi connectivity index (χ0) is 28.6. The predicted molar refractivity (Wildman–Crippen MR) is 147 cm³/mol. The van der Waals surface area contributed by atoms with Crippen LogP contribution in [-0.4, -0.2) is 41.7 Å². The smallest absolute Gasteiger partial charge is 0.353 e. The van der Waals surface area contributed by atoms with Gasteiger partial charge in [-0.3, -0.25) is 15.0 Å². The number of thiophene rings is 1. The fraction of sp³-hybridized carbons (Fsp3) is 0.241. The van der Waals surface area contributed by atoms with Crippen molar-refractivity contribution < 1.29 is 28.2 Å². The van der Waals surface area contributed by atoms with Crippen LogP contribution in [0.5, 0.6) is 5.75 Å². The summed E-state index contributed by atoms with van der Waals surface area (Å²) < 4.78 is 24.7. The highest BCUT2D eigenvalue weighted by atomic mass is 32.1. The van der Waals surface area contributed by atoms with Gasteiger partial charge in [-0.05, 0) is 36.2 Å². The number of nitrogens with two attached hydrogens (primary N) is 1. The first-order chi connectivity index (χ1) is 18.5. The molecule has 204 valence electrons. The van der Waals surface area contributed by atoms with Crippen molar-refractivity contribution in [2.45, 2.75) is 26.9 Å². The zero-order valence-corrected chi connectivity index (χ0v) is 22.6. The average Bonchev–Trinajstić information content (AvgIpc) is 3.35. The molecular weight excluding hydrogens is 521 g/mol. The number of hydrogen-bond acceptors (Lipinski definition) is 7. The number of nitrogen functional groups attached to an aromatic ring is 1. The SMILES string of the molecule is C=CCN(CC(=O)OCc1ccccc1)C(=O)C(C)(C)Cc1ccc(C(=O)Oc2ccc(C(=N)N)c(F)c2)s1. The molecule has 3 aromatic rings. The summed E-state index contributed by atoms with van der Waals surface area (Å²) in [6.45, 7) is 7.28. The molecule has 39 heavy (non-hydrogen) atoms. The minimum Gasteiger partial charge on any atom is -0.459 e. The maximum atomic E-state index is 14.1. The Bertz CT molecular complexity index is 1370. The van der Waals surface area contributed by atoms with Gasteiger partial charge in [0.25, 0.3) is 0 Å². The van der Waals surface area contributed by atoms with Crippen LogP contribution in [0, 0.1) is 16.6 Å². The van der Waals surface area contributed by atoms with Gasteiger partial charge < -0.3 is 20.1 Å². The molecule has 0 saturated carbocycles. The van der Waals surface area contributed by atoms with Crippen LogP contribution in [0.1, 0.15) is 39.5 Å². The number of nitrogens with one attached hydrogen (secondary N) is 1. The fourth-order valence-electron chi connectivity index (χ4n) is 3.77. The van der Waals surface area contributed by atoms with Gasteiger partial charge in [-0.2, -0.15) is 0 Å².